The summed E-state index contributed by atoms with van der Waals surface area (Å²) in [7, 11) is 0. The fourth-order valence-corrected chi connectivity index (χ4v) is 4.02. The first kappa shape index (κ1) is 12.0. The van der Waals surface area contributed by atoms with Crippen molar-refractivity contribution in [1.82, 2.24) is 4.90 Å². The molecule has 1 saturated heterocycles. The highest BCUT2D eigenvalue weighted by molar-refractivity contribution is 5.82. The molecular formula is C14H21NO3. The second-order valence-corrected chi connectivity index (χ2v) is 6.17. The lowest BCUT2D eigenvalue weighted by molar-refractivity contribution is -0.138. The van der Waals surface area contributed by atoms with Crippen LogP contribution in [0.1, 0.15) is 38.5 Å². The zero-order valence-corrected chi connectivity index (χ0v) is 10.7. The minimum absolute atomic E-state index is 0.173. The molecule has 4 heteroatoms. The summed E-state index contributed by atoms with van der Waals surface area (Å²) in [5.74, 6) is 1.35. The van der Waals surface area contributed by atoms with E-state index in [2.05, 4.69) is 0 Å². The van der Waals surface area contributed by atoms with Crippen LogP contribution in [0.5, 0.6) is 0 Å². The molecule has 0 radical (unpaired) electrons. The number of hydrogen-bond acceptors (Lipinski definition) is 2. The summed E-state index contributed by atoms with van der Waals surface area (Å²) in [6.07, 6.45) is 6.10. The number of amides is 1. The number of carbonyl (C=O) groups excluding carboxylic acids is 1. The van der Waals surface area contributed by atoms with E-state index in [-0.39, 0.29) is 18.3 Å². The van der Waals surface area contributed by atoms with Gasteiger partial charge in [-0.15, -0.1) is 0 Å². The lowest BCUT2D eigenvalue weighted by atomic mass is 10.0. The topological polar surface area (TPSA) is 57.6 Å². The molecule has 3 atom stereocenters. The Morgan fingerprint density at radius 3 is 2.39 bits per heavy atom. The number of likely N-dealkylation sites (tertiary alicyclic amines) is 1. The quantitative estimate of drug-likeness (QED) is 0.831. The van der Waals surface area contributed by atoms with Crippen LogP contribution in [0.25, 0.3) is 0 Å². The van der Waals surface area contributed by atoms with Crippen molar-refractivity contribution >= 4 is 11.9 Å². The molecule has 0 aromatic heterocycles. The molecule has 2 saturated carbocycles. The molecule has 0 bridgehead atoms. The number of carboxylic acid groups (broad SMARTS) is 1. The third kappa shape index (κ3) is 2.13. The molecule has 3 unspecified atom stereocenters. The Balaban J connectivity index is 1.54. The van der Waals surface area contributed by atoms with Crippen molar-refractivity contribution in [3.63, 3.8) is 0 Å². The van der Waals surface area contributed by atoms with Crippen LogP contribution in [-0.2, 0) is 9.59 Å². The zero-order chi connectivity index (χ0) is 12.7. The van der Waals surface area contributed by atoms with Crippen molar-refractivity contribution in [2.45, 2.75) is 38.5 Å². The molecule has 3 rings (SSSR count). The number of rotatable bonds is 3. The van der Waals surface area contributed by atoms with Crippen LogP contribution < -0.4 is 0 Å². The summed E-state index contributed by atoms with van der Waals surface area (Å²) >= 11 is 0. The normalized spacial score (nSPS) is 38.3. The van der Waals surface area contributed by atoms with Gasteiger partial charge in [0.05, 0.1) is 0 Å². The van der Waals surface area contributed by atoms with Crippen molar-refractivity contribution in [1.29, 1.82) is 0 Å². The molecule has 1 aliphatic heterocycles. The van der Waals surface area contributed by atoms with Gasteiger partial charge in [-0.2, -0.15) is 0 Å². The molecule has 1 N–H and O–H groups in total. The molecule has 3 fully saturated rings. The summed E-state index contributed by atoms with van der Waals surface area (Å²) in [5.41, 5.74) is 0. The average molecular weight is 251 g/mol. The maximum atomic E-state index is 12.4. The molecular weight excluding hydrogens is 230 g/mol. The Bertz CT molecular complexity index is 356. The van der Waals surface area contributed by atoms with Crippen LogP contribution in [-0.4, -0.2) is 35.0 Å². The second kappa shape index (κ2) is 4.56. The van der Waals surface area contributed by atoms with Gasteiger partial charge in [0.15, 0.2) is 0 Å². The van der Waals surface area contributed by atoms with E-state index in [1.807, 2.05) is 4.90 Å². The molecule has 0 aromatic rings. The van der Waals surface area contributed by atoms with Crippen LogP contribution >= 0.6 is 0 Å². The van der Waals surface area contributed by atoms with E-state index in [0.717, 1.165) is 13.0 Å². The van der Waals surface area contributed by atoms with Gasteiger partial charge in [0.25, 0.3) is 0 Å². The van der Waals surface area contributed by atoms with E-state index in [1.165, 1.54) is 25.7 Å². The minimum Gasteiger partial charge on any atom is -0.481 e. The van der Waals surface area contributed by atoms with Crippen molar-refractivity contribution in [3.8, 4) is 0 Å². The number of hydrogen-bond donors (Lipinski definition) is 1. The van der Waals surface area contributed by atoms with Gasteiger partial charge in [-0.25, -0.2) is 0 Å². The Morgan fingerprint density at radius 2 is 1.78 bits per heavy atom. The molecule has 1 amide bonds. The smallest absolute Gasteiger partial charge is 0.303 e. The monoisotopic (exact) mass is 251 g/mol. The van der Waals surface area contributed by atoms with Crippen LogP contribution in [0.3, 0.4) is 0 Å². The number of aliphatic carboxylic acids is 1. The summed E-state index contributed by atoms with van der Waals surface area (Å²) in [4.78, 5) is 25.0. The van der Waals surface area contributed by atoms with E-state index in [9.17, 15) is 9.59 Å². The zero-order valence-electron chi connectivity index (χ0n) is 10.7. The van der Waals surface area contributed by atoms with E-state index in [4.69, 9.17) is 5.11 Å². The minimum atomic E-state index is -0.741. The van der Waals surface area contributed by atoms with E-state index < -0.39 is 5.97 Å². The van der Waals surface area contributed by atoms with E-state index >= 15 is 0 Å². The molecule has 18 heavy (non-hydrogen) atoms. The SMILES string of the molecule is O=C(O)CC1CCN(C(=O)C2C3CCCCC32)C1. The van der Waals surface area contributed by atoms with Crippen LogP contribution in [0.15, 0.2) is 0 Å². The second-order valence-electron chi connectivity index (χ2n) is 6.17. The summed E-state index contributed by atoms with van der Waals surface area (Å²) in [5, 5.41) is 8.79. The molecule has 1 heterocycles. The Hall–Kier alpha value is -1.06. The first-order chi connectivity index (χ1) is 8.66. The predicted octanol–water partition coefficient (Wildman–Crippen LogP) is 1.75. The number of carboxylic acids is 1. The largest absolute Gasteiger partial charge is 0.481 e. The fourth-order valence-electron chi connectivity index (χ4n) is 4.02. The highest BCUT2D eigenvalue weighted by atomic mass is 16.4. The van der Waals surface area contributed by atoms with Gasteiger partial charge in [0, 0.05) is 25.4 Å². The standard InChI is InChI=1S/C14H21NO3/c16-12(17)7-9-5-6-15(8-9)14(18)13-10-3-1-2-4-11(10)13/h9-11,13H,1-8H2,(H,16,17). The van der Waals surface area contributed by atoms with Gasteiger partial charge >= 0.3 is 5.97 Å². The van der Waals surface area contributed by atoms with Crippen molar-refractivity contribution in [2.24, 2.45) is 23.7 Å². The molecule has 3 aliphatic rings. The third-order valence-electron chi connectivity index (χ3n) is 5.00. The summed E-state index contributed by atoms with van der Waals surface area (Å²) in [6, 6.07) is 0. The van der Waals surface area contributed by atoms with E-state index in [0.29, 0.717) is 24.3 Å². The van der Waals surface area contributed by atoms with Gasteiger partial charge in [-0.3, -0.25) is 9.59 Å². The highest BCUT2D eigenvalue weighted by Crippen LogP contribution is 2.56. The lowest BCUT2D eigenvalue weighted by Gasteiger charge is -2.16. The summed E-state index contributed by atoms with van der Waals surface area (Å²) < 4.78 is 0. The Labute approximate surface area is 107 Å². The van der Waals surface area contributed by atoms with Gasteiger partial charge in [0.2, 0.25) is 5.91 Å². The van der Waals surface area contributed by atoms with E-state index in [1.54, 1.807) is 0 Å². The number of nitrogens with zero attached hydrogens (tertiary/aromatic N) is 1. The fraction of sp³-hybridized carbons (Fsp3) is 0.857. The van der Waals surface area contributed by atoms with Crippen molar-refractivity contribution in [3.05, 3.63) is 0 Å². The van der Waals surface area contributed by atoms with Gasteiger partial charge in [-0.1, -0.05) is 12.8 Å². The first-order valence-corrected chi connectivity index (χ1v) is 7.17. The maximum Gasteiger partial charge on any atom is 0.303 e. The Kier molecular flexibility index (Phi) is 3.04. The average Bonchev–Trinajstić information content (AvgIpc) is 2.89. The molecule has 2 aliphatic carbocycles. The van der Waals surface area contributed by atoms with Crippen molar-refractivity contribution in [2.75, 3.05) is 13.1 Å². The van der Waals surface area contributed by atoms with Crippen molar-refractivity contribution < 1.29 is 14.7 Å². The lowest BCUT2D eigenvalue weighted by Crippen LogP contribution is -2.31. The number of fused-ring (bicyclic) bond motifs is 1. The number of carbonyl (C=O) groups is 2. The first-order valence-electron chi connectivity index (χ1n) is 7.17. The maximum absolute atomic E-state index is 12.4. The van der Waals surface area contributed by atoms with Crippen LogP contribution in [0, 0.1) is 23.7 Å². The van der Waals surface area contributed by atoms with Gasteiger partial charge in [-0.05, 0) is 37.0 Å². The molecule has 100 valence electrons. The molecule has 0 aromatic carbocycles. The van der Waals surface area contributed by atoms with Crippen LogP contribution in [0.2, 0.25) is 0 Å². The van der Waals surface area contributed by atoms with Gasteiger partial charge in [0.1, 0.15) is 0 Å². The highest BCUT2D eigenvalue weighted by Gasteiger charge is 2.56. The third-order valence-corrected chi connectivity index (χ3v) is 5.00. The predicted molar refractivity (Wildman–Crippen MR) is 65.9 cm³/mol. The molecule has 4 nitrogen and oxygen atoms in total. The Morgan fingerprint density at radius 1 is 1.11 bits per heavy atom. The van der Waals surface area contributed by atoms with Crippen LogP contribution in [0.4, 0.5) is 0 Å². The summed E-state index contributed by atoms with van der Waals surface area (Å²) in [6.45, 7) is 1.44. The molecule has 0 spiro atoms. The van der Waals surface area contributed by atoms with Gasteiger partial charge < -0.3 is 10.0 Å².